The predicted octanol–water partition coefficient (Wildman–Crippen LogP) is 8.03. The number of nitrogens with one attached hydrogen (secondary N) is 2. The number of anilines is 2. The van der Waals surface area contributed by atoms with E-state index in [-0.39, 0.29) is 39.2 Å². The van der Waals surface area contributed by atoms with E-state index in [2.05, 4.69) is 52.9 Å². The summed E-state index contributed by atoms with van der Waals surface area (Å²) in [7, 11) is 0. The van der Waals surface area contributed by atoms with Gasteiger partial charge in [0.25, 0.3) is 5.91 Å². The smallest absolute Gasteiger partial charge is 0.471 e. The van der Waals surface area contributed by atoms with Gasteiger partial charge >= 0.3 is 12.1 Å². The molecule has 0 bridgehead atoms. The molecule has 3 N–H and O–H groups in total. The maximum atomic E-state index is 13.2. The van der Waals surface area contributed by atoms with Crippen molar-refractivity contribution in [1.82, 2.24) is 0 Å². The Morgan fingerprint density at radius 1 is 0.974 bits per heavy atom. The number of carbonyl (C=O) groups excluding carboxylic acids is 2. The number of halogens is 4. The zero-order valence-electron chi connectivity index (χ0n) is 23.7. The van der Waals surface area contributed by atoms with Gasteiger partial charge in [0.05, 0.1) is 10.7 Å². The van der Waals surface area contributed by atoms with Crippen molar-refractivity contribution in [1.29, 1.82) is 0 Å². The molecule has 2 aromatic rings. The van der Waals surface area contributed by atoms with Gasteiger partial charge in [-0.25, -0.2) is 0 Å². The van der Waals surface area contributed by atoms with Crippen molar-refractivity contribution in [2.45, 2.75) is 97.8 Å². The number of amides is 2. The van der Waals surface area contributed by atoms with E-state index < -0.39 is 29.8 Å². The zero-order valence-corrected chi connectivity index (χ0v) is 24.4. The fourth-order valence-electron chi connectivity index (χ4n) is 3.82. The van der Waals surface area contributed by atoms with Gasteiger partial charge in [0, 0.05) is 11.3 Å². The number of aromatic hydroxyl groups is 1. The molecule has 0 saturated carbocycles. The number of carbonyl (C=O) groups is 2. The number of hydrogen-bond acceptors (Lipinski definition) is 4. The minimum Gasteiger partial charge on any atom is -0.504 e. The molecule has 1 atom stereocenters. The molecule has 0 aromatic heterocycles. The van der Waals surface area contributed by atoms with E-state index in [1.807, 2.05) is 12.1 Å². The van der Waals surface area contributed by atoms with Crippen molar-refractivity contribution in [3.63, 3.8) is 0 Å². The summed E-state index contributed by atoms with van der Waals surface area (Å²) >= 11 is 6.10. The Bertz CT molecular complexity index is 1230. The normalized spacial score (nSPS) is 13.1. The molecule has 216 valence electrons. The SMILES string of the molecule is CCC(Oc1ccc(C(C)(C)CC)cc1C(C)(C)CC)C(=O)Nc1cc(NC(=O)C(F)(F)F)c(C)c(Cl)c1O. The topological polar surface area (TPSA) is 87.7 Å². The Balaban J connectivity index is 2.43. The molecule has 0 fully saturated rings. The van der Waals surface area contributed by atoms with Crippen LogP contribution in [0.1, 0.15) is 84.4 Å². The van der Waals surface area contributed by atoms with Gasteiger partial charge in [-0.1, -0.05) is 72.2 Å². The minimum absolute atomic E-state index is 0.00888. The summed E-state index contributed by atoms with van der Waals surface area (Å²) in [5, 5.41) is 14.4. The highest BCUT2D eigenvalue weighted by Gasteiger charge is 2.39. The van der Waals surface area contributed by atoms with E-state index in [4.69, 9.17) is 16.3 Å². The molecular formula is C29H38ClF3N2O4. The molecule has 1 unspecified atom stereocenters. The van der Waals surface area contributed by atoms with E-state index in [0.717, 1.165) is 30.0 Å². The van der Waals surface area contributed by atoms with E-state index >= 15 is 0 Å². The Morgan fingerprint density at radius 3 is 2.08 bits per heavy atom. The molecule has 0 spiro atoms. The highest BCUT2D eigenvalue weighted by atomic mass is 35.5. The first kappa shape index (κ1) is 32.3. The first-order valence-corrected chi connectivity index (χ1v) is 13.3. The molecule has 0 aliphatic carbocycles. The minimum atomic E-state index is -5.13. The lowest BCUT2D eigenvalue weighted by Crippen LogP contribution is -2.33. The number of benzene rings is 2. The van der Waals surface area contributed by atoms with Crippen molar-refractivity contribution in [3.8, 4) is 11.5 Å². The van der Waals surface area contributed by atoms with Crippen molar-refractivity contribution < 1.29 is 32.6 Å². The lowest BCUT2D eigenvalue weighted by molar-refractivity contribution is -0.167. The number of ether oxygens (including phenoxy) is 1. The summed E-state index contributed by atoms with van der Waals surface area (Å²) in [5.41, 5.74) is 1.25. The van der Waals surface area contributed by atoms with Crippen LogP contribution in [-0.2, 0) is 20.4 Å². The van der Waals surface area contributed by atoms with Crippen molar-refractivity contribution in [3.05, 3.63) is 46.0 Å². The van der Waals surface area contributed by atoms with Crippen LogP contribution in [0, 0.1) is 6.92 Å². The fraction of sp³-hybridized carbons (Fsp3) is 0.517. The third kappa shape index (κ3) is 7.38. The highest BCUT2D eigenvalue weighted by molar-refractivity contribution is 6.34. The molecule has 0 aliphatic rings. The number of rotatable bonds is 10. The van der Waals surface area contributed by atoms with Gasteiger partial charge < -0.3 is 20.5 Å². The molecule has 0 aliphatic heterocycles. The average Bonchev–Trinajstić information content (AvgIpc) is 2.87. The lowest BCUT2D eigenvalue weighted by Gasteiger charge is -2.31. The molecule has 0 radical (unpaired) electrons. The second-order valence-electron chi connectivity index (χ2n) is 10.9. The van der Waals surface area contributed by atoms with Crippen molar-refractivity contribution >= 4 is 34.8 Å². The van der Waals surface area contributed by atoms with E-state index in [9.17, 15) is 27.9 Å². The summed E-state index contributed by atoms with van der Waals surface area (Å²) in [6.07, 6.45) is -4.10. The molecule has 0 heterocycles. The third-order valence-electron chi connectivity index (χ3n) is 7.44. The van der Waals surface area contributed by atoms with E-state index in [1.54, 1.807) is 12.2 Å². The van der Waals surface area contributed by atoms with Gasteiger partial charge in [0.2, 0.25) is 0 Å². The maximum absolute atomic E-state index is 13.2. The summed E-state index contributed by atoms with van der Waals surface area (Å²) in [5.74, 6) is -2.84. The number of phenols is 1. The van der Waals surface area contributed by atoms with Gasteiger partial charge in [-0.15, -0.1) is 0 Å². The lowest BCUT2D eigenvalue weighted by atomic mass is 9.76. The van der Waals surface area contributed by atoms with Crippen LogP contribution in [0.15, 0.2) is 24.3 Å². The predicted molar refractivity (Wildman–Crippen MR) is 149 cm³/mol. The first-order chi connectivity index (χ1) is 17.9. The summed E-state index contributed by atoms with van der Waals surface area (Å²) in [4.78, 5) is 24.7. The van der Waals surface area contributed by atoms with Crippen LogP contribution in [0.25, 0.3) is 0 Å². The second-order valence-corrected chi connectivity index (χ2v) is 11.3. The molecule has 6 nitrogen and oxygen atoms in total. The van der Waals surface area contributed by atoms with Gasteiger partial charge in [0.1, 0.15) is 5.75 Å². The van der Waals surface area contributed by atoms with Crippen LogP contribution < -0.4 is 15.4 Å². The van der Waals surface area contributed by atoms with Crippen LogP contribution in [0.4, 0.5) is 24.5 Å². The average molecular weight is 571 g/mol. The fourth-order valence-corrected chi connectivity index (χ4v) is 4.02. The molecule has 2 aromatic carbocycles. The number of alkyl halides is 3. The Morgan fingerprint density at radius 2 is 1.56 bits per heavy atom. The maximum Gasteiger partial charge on any atom is 0.471 e. The second kappa shape index (κ2) is 12.1. The van der Waals surface area contributed by atoms with Crippen LogP contribution in [0.3, 0.4) is 0 Å². The summed E-state index contributed by atoms with van der Waals surface area (Å²) in [6.45, 7) is 15.8. The Kier molecular flexibility index (Phi) is 9.98. The molecular weight excluding hydrogens is 533 g/mol. The highest BCUT2D eigenvalue weighted by Crippen LogP contribution is 2.41. The van der Waals surface area contributed by atoms with E-state index in [1.165, 1.54) is 6.92 Å². The zero-order chi connectivity index (χ0) is 29.9. The molecule has 0 saturated heterocycles. The third-order valence-corrected chi connectivity index (χ3v) is 7.90. The van der Waals surface area contributed by atoms with Gasteiger partial charge in [-0.3, -0.25) is 9.59 Å². The summed E-state index contributed by atoms with van der Waals surface area (Å²) < 4.78 is 44.6. The number of phenolic OH excluding ortho intramolecular Hbond substituents is 1. The van der Waals surface area contributed by atoms with Crippen LogP contribution >= 0.6 is 11.6 Å². The quantitative estimate of drug-likeness (QED) is 0.199. The first-order valence-electron chi connectivity index (χ1n) is 12.9. The monoisotopic (exact) mass is 570 g/mol. The molecule has 2 rings (SSSR count). The van der Waals surface area contributed by atoms with Crippen LogP contribution in [0.2, 0.25) is 5.02 Å². The van der Waals surface area contributed by atoms with Crippen LogP contribution in [-0.4, -0.2) is 29.2 Å². The largest absolute Gasteiger partial charge is 0.504 e. The van der Waals surface area contributed by atoms with Gasteiger partial charge in [-0.2, -0.15) is 13.2 Å². The molecule has 39 heavy (non-hydrogen) atoms. The van der Waals surface area contributed by atoms with E-state index in [0.29, 0.717) is 5.75 Å². The summed E-state index contributed by atoms with van der Waals surface area (Å²) in [6, 6.07) is 6.99. The van der Waals surface area contributed by atoms with Crippen LogP contribution in [0.5, 0.6) is 11.5 Å². The standard InChI is InChI=1S/C29H38ClF3N2O4/c1-9-21(39-22-13-12-17(27(5,6)10-2)14-18(22)28(7,8)11-3)25(37)34-20-15-19(16(4)23(30)24(20)36)35-26(38)29(31,32)33/h12-15,21,36H,9-11H2,1-8H3,(H,34,37)(H,35,38). The Labute approximate surface area is 233 Å². The van der Waals surface area contributed by atoms with Gasteiger partial charge in [-0.05, 0) is 60.3 Å². The van der Waals surface area contributed by atoms with Gasteiger partial charge in [0.15, 0.2) is 11.9 Å². The molecule has 2 amide bonds. The van der Waals surface area contributed by atoms with Crippen molar-refractivity contribution in [2.24, 2.45) is 0 Å². The Hall–Kier alpha value is -2.94. The molecule has 10 heteroatoms. The number of hydrogen-bond donors (Lipinski definition) is 3. The van der Waals surface area contributed by atoms with Crippen molar-refractivity contribution in [2.75, 3.05) is 10.6 Å².